The molecule has 5 rings (SSSR count). The van der Waals surface area contributed by atoms with Crippen molar-refractivity contribution >= 4 is 127 Å². The first-order valence-electron chi connectivity index (χ1n) is 17.8. The number of benzene rings is 5. The predicted octanol–water partition coefficient (Wildman–Crippen LogP) is -12.5. The summed E-state index contributed by atoms with van der Waals surface area (Å²) in [5, 5.41) is 68.0. The van der Waals surface area contributed by atoms with Crippen molar-refractivity contribution in [3.05, 3.63) is 84.9 Å². The Hall–Kier alpha value is 0.0900. The number of hydrogen-bond donors (Lipinski definition) is 4. The molecule has 0 aromatic heterocycles. The fraction of sp³-hybridized carbons (Fsp3) is 0.152. The van der Waals surface area contributed by atoms with Crippen molar-refractivity contribution < 1.29 is 248 Å². The van der Waals surface area contributed by atoms with Gasteiger partial charge in [0.15, 0.2) is 44.3 Å². The van der Waals surface area contributed by atoms with Crippen molar-refractivity contribution in [3.63, 3.8) is 0 Å². The average Bonchev–Trinajstić information content (AvgIpc) is 3.29. The van der Waals surface area contributed by atoms with Crippen molar-refractivity contribution in [2.45, 2.75) is 19.6 Å². The number of azo groups is 2. The maximum absolute atomic E-state index is 12.4. The van der Waals surface area contributed by atoms with Gasteiger partial charge in [0.25, 0.3) is 0 Å². The number of nitrogens with two attached hydrogens (primary N) is 2. The summed E-state index contributed by atoms with van der Waals surface area (Å²) in [6.45, 7) is -0.563. The second-order valence-corrected chi connectivity index (χ2v) is 21.3. The van der Waals surface area contributed by atoms with Crippen molar-refractivity contribution in [1.29, 1.82) is 0 Å². The van der Waals surface area contributed by atoms with Crippen LogP contribution in [0.2, 0.25) is 0 Å². The van der Waals surface area contributed by atoms with Crippen LogP contribution in [0.15, 0.2) is 125 Å². The van der Waals surface area contributed by atoms with Gasteiger partial charge in [-0.3, -0.25) is 23.5 Å². The summed E-state index contributed by atoms with van der Waals surface area (Å²) in [4.78, 5) is -0.552. The minimum Gasteiger partial charge on any atom is -0.747 e. The smallest absolute Gasteiger partial charge is 0.747 e. The summed E-state index contributed by atoms with van der Waals surface area (Å²) < 4.78 is 138. The molecular formula is C33H30N7Na5O22S7. The van der Waals surface area contributed by atoms with Gasteiger partial charge in [-0.1, -0.05) is 0 Å². The van der Waals surface area contributed by atoms with Gasteiger partial charge in [0.05, 0.1) is 79.9 Å². The topological polar surface area (TPSA) is 459 Å². The largest absolute Gasteiger partial charge is 1.00 e. The Morgan fingerprint density at radius 1 is 0.581 bits per heavy atom. The third-order valence-corrected chi connectivity index (χ3v) is 14.2. The minimum absolute atomic E-state index is 0. The molecule has 0 fully saturated rings. The van der Waals surface area contributed by atoms with E-state index in [2.05, 4.69) is 58.1 Å². The number of sulfone groups is 2. The first-order chi connectivity index (χ1) is 32.6. The number of nitrogens with one attached hydrogen (secondary N) is 1. The number of phenolic OH excluding ortho intramolecular Hbond substituents is 1. The molecule has 0 bridgehead atoms. The molecule has 41 heteroatoms. The fourth-order valence-electron chi connectivity index (χ4n) is 5.11. The van der Waals surface area contributed by atoms with Crippen LogP contribution in [0, 0.1) is 0 Å². The van der Waals surface area contributed by atoms with Crippen LogP contribution in [-0.4, -0.2) is 78.5 Å². The van der Waals surface area contributed by atoms with E-state index in [1.165, 1.54) is 72.8 Å². The predicted molar refractivity (Wildman–Crippen MR) is 232 cm³/mol. The van der Waals surface area contributed by atoms with E-state index in [1.807, 2.05) is 0 Å². The van der Waals surface area contributed by atoms with Gasteiger partial charge in [0.1, 0.15) is 43.2 Å². The number of fused-ring (bicyclic) bond motifs is 1. The molecule has 0 aliphatic rings. The molecule has 0 saturated carbocycles. The van der Waals surface area contributed by atoms with Gasteiger partial charge in [0, 0.05) is 15.7 Å². The van der Waals surface area contributed by atoms with Gasteiger partial charge in [-0.25, -0.2) is 33.7 Å². The quantitative estimate of drug-likeness (QED) is 0.00616. The zero-order chi connectivity index (χ0) is 50.8. The average molecular weight is 1220 g/mol. The molecule has 74 heavy (non-hydrogen) atoms. The van der Waals surface area contributed by atoms with E-state index >= 15 is 0 Å². The summed E-state index contributed by atoms with van der Waals surface area (Å²) >= 11 is 0.862. The van der Waals surface area contributed by atoms with Crippen LogP contribution in [0.3, 0.4) is 0 Å². The summed E-state index contributed by atoms with van der Waals surface area (Å²) in [6, 6.07) is 17.9. The molecule has 0 radical (unpaired) electrons. The van der Waals surface area contributed by atoms with Crippen LogP contribution in [-0.2, 0) is 76.4 Å². The van der Waals surface area contributed by atoms with Crippen LogP contribution >= 0.6 is 36.7 Å². The molecular weight excluding hydrogens is 1190 g/mol. The molecule has 0 aliphatic carbocycles. The number of aromatic hydroxyl groups is 1. The van der Waals surface area contributed by atoms with Gasteiger partial charge in [0.2, 0.25) is 0 Å². The Kier molecular flexibility index (Phi) is 38.3. The minimum atomic E-state index is -4.83. The third-order valence-electron chi connectivity index (χ3n) is 8.09. The van der Waals surface area contributed by atoms with E-state index in [1.54, 1.807) is 0 Å². The van der Waals surface area contributed by atoms with Crippen LogP contribution in [0.25, 0.3) is 10.8 Å². The van der Waals surface area contributed by atoms with E-state index in [4.69, 9.17) is 15.7 Å². The normalized spacial score (nSPS) is 11.6. The summed E-state index contributed by atoms with van der Waals surface area (Å²) in [6.07, 6.45) is 0. The molecule has 5 aromatic carbocycles. The zero-order valence-electron chi connectivity index (χ0n) is 38.9. The van der Waals surface area contributed by atoms with Crippen molar-refractivity contribution in [3.8, 4) is 5.75 Å². The Labute approximate surface area is 545 Å². The van der Waals surface area contributed by atoms with E-state index in [0.29, 0.717) is 12.0 Å². The number of nitrogens with zero attached hydrogens (tertiary/aromatic N) is 4. The van der Waals surface area contributed by atoms with E-state index in [-0.39, 0.29) is 257 Å². The number of hydrogen-bond acceptors (Lipinski definition) is 32. The van der Waals surface area contributed by atoms with Gasteiger partial charge in [-0.2, -0.15) is 14.6 Å². The molecule has 5 aromatic rings. The van der Waals surface area contributed by atoms with E-state index in [9.17, 15) is 63.7 Å². The van der Waals surface area contributed by atoms with Gasteiger partial charge in [-0.05, 0) is 84.9 Å². The van der Waals surface area contributed by atoms with Gasteiger partial charge in [-0.15, -0.1) is 18.9 Å². The third kappa shape index (κ3) is 25.7. The molecule has 6 N–H and O–H groups in total. The molecule has 0 unspecified atom stereocenters. The molecule has 0 saturated heterocycles. The molecule has 0 aliphatic heterocycles. The number of phenols is 1. The zero-order valence-corrected chi connectivity index (χ0v) is 54.7. The molecule has 376 valence electrons. The van der Waals surface area contributed by atoms with Crippen molar-refractivity contribution in [2.75, 3.05) is 47.4 Å². The van der Waals surface area contributed by atoms with Gasteiger partial charge < -0.3 is 46.8 Å². The standard InChI is InChI=1S/C19H19N3O13S4.C14H16N4O9S3.5Na/c23-18-10-13(36-34-32-24)9-16-15(18)5-6-17(20-11-39(28,29)30)19(16)22-21-12-1-3-14(4-2-12)38(26,27)8-7-31-37-35-33-25;15-11-7-12(16)14(30(22,23)24)8-13(11)18-17-9-1-3-10(4-2-9)29(20,21)6-5-25-28-27-26-19;;;;;/h1-6,9-10,20,23-25H,7-8,11H2,(H,28,29,30);1-4,7-8,19H,5-6,15-16H2,(H,22,23,24);;;;;/q;;5*+1/p-5. The van der Waals surface area contributed by atoms with Gasteiger partial charge >= 0.3 is 148 Å². The van der Waals surface area contributed by atoms with Crippen LogP contribution in [0.1, 0.15) is 0 Å². The fourth-order valence-corrected chi connectivity index (χ4v) is 9.30. The molecule has 29 nitrogen and oxygen atoms in total. The molecule has 0 heterocycles. The van der Waals surface area contributed by atoms with Crippen molar-refractivity contribution in [1.82, 2.24) is 0 Å². The molecule has 0 amide bonds. The molecule has 0 spiro atoms. The summed E-state index contributed by atoms with van der Waals surface area (Å²) in [7, 11) is -16.9. The molecule has 0 atom stereocenters. The van der Waals surface area contributed by atoms with Crippen LogP contribution in [0.4, 0.5) is 39.8 Å². The van der Waals surface area contributed by atoms with Crippen molar-refractivity contribution in [2.24, 2.45) is 20.5 Å². The Bertz CT molecular complexity index is 3070. The maximum Gasteiger partial charge on any atom is 1.00 e. The van der Waals surface area contributed by atoms with Crippen LogP contribution in [0.5, 0.6) is 5.75 Å². The Morgan fingerprint density at radius 3 is 1.53 bits per heavy atom. The van der Waals surface area contributed by atoms with E-state index < -0.39 is 62.2 Å². The number of nitrogen functional groups attached to an aromatic ring is 2. The Morgan fingerprint density at radius 2 is 1.07 bits per heavy atom. The monoisotopic (exact) mass is 1210 g/mol. The Balaban J connectivity index is 0. The van der Waals surface area contributed by atoms with E-state index in [0.717, 1.165) is 12.1 Å². The first-order valence-corrected chi connectivity index (χ1v) is 26.2. The second-order valence-electron chi connectivity index (χ2n) is 12.6. The first kappa shape index (κ1) is 76.2. The number of anilines is 3. The second kappa shape index (κ2) is 37.2. The summed E-state index contributed by atoms with van der Waals surface area (Å²) in [5.74, 6) is -2.04. The number of rotatable bonds is 25. The van der Waals surface area contributed by atoms with Crippen LogP contribution < -0.4 is 180 Å². The SMILES string of the molecule is Nc1cc(N)c(S(=O)(=O)[O-])cc1N=Nc1ccc(S(=O)(=O)CCOSOO[O-])cc1.O=S(=O)([O-])CNc1ccc2c(O)cc(SOO[O-])cc2c1N=Nc1ccc(S(=O)(=O)CCOSOO[O-])cc1.[Na+].[Na+].[Na+].[Na+].[Na+]. The summed E-state index contributed by atoms with van der Waals surface area (Å²) in [5.41, 5.74) is 11.2. The maximum atomic E-state index is 12.4.